The fourth-order valence-corrected chi connectivity index (χ4v) is 5.51. The maximum absolute atomic E-state index is 12.6. The lowest BCUT2D eigenvalue weighted by Crippen LogP contribution is -2.49. The number of H-pyrrole nitrogens is 2. The smallest absolute Gasteiger partial charge is 0.325 e. The zero-order valence-electron chi connectivity index (χ0n) is 20.6. The molecule has 1 aliphatic heterocycles. The molecule has 5 rings (SSSR count). The number of hydrogen-bond acceptors (Lipinski definition) is 5. The molecule has 35 heavy (non-hydrogen) atoms. The number of fused-ring (bicyclic) bond motifs is 2. The Hall–Kier alpha value is -2.87. The van der Waals surface area contributed by atoms with Gasteiger partial charge in [-0.05, 0) is 62.3 Å². The largest absolute Gasteiger partial charge is 0.494 e. The van der Waals surface area contributed by atoms with Crippen LogP contribution in [0.4, 0.5) is 0 Å². The molecular weight excluding hydrogens is 442 g/mol. The van der Waals surface area contributed by atoms with Crippen molar-refractivity contribution in [1.82, 2.24) is 24.8 Å². The van der Waals surface area contributed by atoms with E-state index in [-0.39, 0.29) is 5.69 Å². The SMILES string of the molecule is O=C(CCCCCOc1ccc2nc3[nH]c(=O)[nH]c3cc2c1)N1CCN(CC2CCCCC2)CC1. The highest BCUT2D eigenvalue weighted by molar-refractivity contribution is 5.90. The van der Waals surface area contributed by atoms with Gasteiger partial charge in [0.25, 0.3) is 0 Å². The summed E-state index contributed by atoms with van der Waals surface area (Å²) in [7, 11) is 0. The summed E-state index contributed by atoms with van der Waals surface area (Å²) in [6.45, 7) is 5.68. The molecule has 1 aromatic carbocycles. The van der Waals surface area contributed by atoms with Gasteiger partial charge >= 0.3 is 5.69 Å². The molecule has 2 N–H and O–H groups in total. The molecule has 0 spiro atoms. The molecule has 1 saturated heterocycles. The van der Waals surface area contributed by atoms with E-state index in [1.807, 2.05) is 24.3 Å². The molecule has 1 saturated carbocycles. The molecule has 2 aromatic heterocycles. The topological polar surface area (TPSA) is 94.3 Å². The molecule has 8 heteroatoms. The van der Waals surface area contributed by atoms with E-state index in [0.29, 0.717) is 30.1 Å². The Bertz CT molecular complexity index is 1190. The number of carbonyl (C=O) groups excluding carboxylic acids is 1. The highest BCUT2D eigenvalue weighted by atomic mass is 16.5. The van der Waals surface area contributed by atoms with Crippen molar-refractivity contribution in [2.45, 2.75) is 57.8 Å². The number of amides is 1. The van der Waals surface area contributed by atoms with Crippen LogP contribution in [0.15, 0.2) is 29.1 Å². The second-order valence-corrected chi connectivity index (χ2v) is 10.2. The van der Waals surface area contributed by atoms with Crippen LogP contribution in [0.2, 0.25) is 0 Å². The van der Waals surface area contributed by atoms with Crippen molar-refractivity contribution in [2.75, 3.05) is 39.3 Å². The number of benzene rings is 1. The van der Waals surface area contributed by atoms with E-state index in [4.69, 9.17) is 4.74 Å². The van der Waals surface area contributed by atoms with Crippen molar-refractivity contribution >= 4 is 28.0 Å². The number of nitrogens with zero attached hydrogens (tertiary/aromatic N) is 3. The van der Waals surface area contributed by atoms with Gasteiger partial charge in [0, 0.05) is 44.5 Å². The number of pyridine rings is 1. The second-order valence-electron chi connectivity index (χ2n) is 10.2. The average Bonchev–Trinajstić information content (AvgIpc) is 3.24. The number of piperazine rings is 1. The van der Waals surface area contributed by atoms with Gasteiger partial charge in [-0.3, -0.25) is 14.7 Å². The highest BCUT2D eigenvalue weighted by Gasteiger charge is 2.23. The molecule has 1 aliphatic carbocycles. The third kappa shape index (κ3) is 6.23. The molecule has 1 amide bonds. The van der Waals surface area contributed by atoms with Gasteiger partial charge in [0.05, 0.1) is 17.6 Å². The number of nitrogens with one attached hydrogen (secondary N) is 2. The molecule has 2 aliphatic rings. The molecule has 0 bridgehead atoms. The Morgan fingerprint density at radius 2 is 1.83 bits per heavy atom. The van der Waals surface area contributed by atoms with E-state index in [0.717, 1.165) is 68.0 Å². The molecule has 8 nitrogen and oxygen atoms in total. The maximum atomic E-state index is 12.6. The van der Waals surface area contributed by atoms with E-state index < -0.39 is 0 Å². The van der Waals surface area contributed by atoms with E-state index in [2.05, 4.69) is 24.8 Å². The van der Waals surface area contributed by atoms with Crippen LogP contribution in [-0.4, -0.2) is 70.0 Å². The van der Waals surface area contributed by atoms with Crippen LogP contribution in [0.1, 0.15) is 57.8 Å². The van der Waals surface area contributed by atoms with Crippen molar-refractivity contribution in [3.63, 3.8) is 0 Å². The standard InChI is InChI=1S/C27H37N5O3/c33-25(32-14-12-31(13-15-32)19-20-7-3-1-4-8-20)9-5-2-6-16-35-22-10-11-23-21(17-22)18-24-26(28-23)30-27(34)29-24/h10-11,17-18,20H,1-9,12-16,19H2,(H2,28,29,30,34). The molecule has 0 atom stereocenters. The van der Waals surface area contributed by atoms with Crippen LogP contribution < -0.4 is 10.4 Å². The first kappa shape index (κ1) is 23.9. The van der Waals surface area contributed by atoms with Crippen LogP contribution in [-0.2, 0) is 4.79 Å². The summed E-state index contributed by atoms with van der Waals surface area (Å²) in [5.41, 5.74) is 1.81. The summed E-state index contributed by atoms with van der Waals surface area (Å²) in [6, 6.07) is 7.67. The number of ether oxygens (including phenoxy) is 1. The first-order valence-corrected chi connectivity index (χ1v) is 13.3. The Labute approximate surface area is 206 Å². The number of aromatic nitrogens is 3. The van der Waals surface area contributed by atoms with Crippen LogP contribution >= 0.6 is 0 Å². The fraction of sp³-hybridized carbons (Fsp3) is 0.593. The van der Waals surface area contributed by atoms with Gasteiger partial charge in [0.2, 0.25) is 5.91 Å². The molecular formula is C27H37N5O3. The summed E-state index contributed by atoms with van der Waals surface area (Å²) < 4.78 is 5.92. The summed E-state index contributed by atoms with van der Waals surface area (Å²) >= 11 is 0. The highest BCUT2D eigenvalue weighted by Crippen LogP contribution is 2.25. The second kappa shape index (κ2) is 11.2. The van der Waals surface area contributed by atoms with E-state index in [1.165, 1.54) is 38.6 Å². The van der Waals surface area contributed by atoms with Crippen LogP contribution in [0.3, 0.4) is 0 Å². The van der Waals surface area contributed by atoms with Gasteiger partial charge in [-0.25, -0.2) is 9.78 Å². The van der Waals surface area contributed by atoms with Gasteiger partial charge in [-0.1, -0.05) is 19.3 Å². The molecule has 2 fully saturated rings. The summed E-state index contributed by atoms with van der Waals surface area (Å²) in [4.78, 5) is 38.6. The average molecular weight is 480 g/mol. The Morgan fingerprint density at radius 1 is 1.00 bits per heavy atom. The lowest BCUT2D eigenvalue weighted by Gasteiger charge is -2.37. The van der Waals surface area contributed by atoms with Crippen LogP contribution in [0, 0.1) is 5.92 Å². The van der Waals surface area contributed by atoms with Crippen molar-refractivity contribution < 1.29 is 9.53 Å². The van der Waals surface area contributed by atoms with Gasteiger partial charge in [-0.15, -0.1) is 0 Å². The molecule has 0 unspecified atom stereocenters. The monoisotopic (exact) mass is 479 g/mol. The van der Waals surface area contributed by atoms with Gasteiger partial charge in [-0.2, -0.15) is 0 Å². The minimum absolute atomic E-state index is 0.255. The zero-order valence-corrected chi connectivity index (χ0v) is 20.6. The van der Waals surface area contributed by atoms with E-state index >= 15 is 0 Å². The van der Waals surface area contributed by atoms with Crippen LogP contribution in [0.25, 0.3) is 22.1 Å². The number of aromatic amines is 2. The first-order valence-electron chi connectivity index (χ1n) is 13.3. The number of hydrogen-bond donors (Lipinski definition) is 2. The van der Waals surface area contributed by atoms with Crippen molar-refractivity contribution in [1.29, 1.82) is 0 Å². The normalized spacial score (nSPS) is 17.9. The Kier molecular flexibility index (Phi) is 7.66. The first-order chi connectivity index (χ1) is 17.1. The van der Waals surface area contributed by atoms with Gasteiger partial charge in [0.1, 0.15) is 5.75 Å². The van der Waals surface area contributed by atoms with E-state index in [1.54, 1.807) is 0 Å². The van der Waals surface area contributed by atoms with Crippen molar-refractivity contribution in [2.24, 2.45) is 5.92 Å². The number of rotatable bonds is 9. The fourth-order valence-electron chi connectivity index (χ4n) is 5.51. The van der Waals surface area contributed by atoms with Crippen molar-refractivity contribution in [3.05, 3.63) is 34.7 Å². The number of carbonyl (C=O) groups is 1. The molecule has 188 valence electrons. The molecule has 3 heterocycles. The predicted octanol–water partition coefficient (Wildman–Crippen LogP) is 4.07. The van der Waals surface area contributed by atoms with Crippen LogP contribution in [0.5, 0.6) is 5.75 Å². The molecule has 0 radical (unpaired) electrons. The summed E-state index contributed by atoms with van der Waals surface area (Å²) in [6.07, 6.45) is 10.4. The third-order valence-electron chi connectivity index (χ3n) is 7.54. The zero-order chi connectivity index (χ0) is 24.0. The predicted molar refractivity (Wildman–Crippen MR) is 138 cm³/mol. The summed E-state index contributed by atoms with van der Waals surface area (Å²) in [5, 5.41) is 0.926. The minimum atomic E-state index is -0.255. The van der Waals surface area contributed by atoms with E-state index in [9.17, 15) is 9.59 Å². The molecule has 3 aromatic rings. The lowest BCUT2D eigenvalue weighted by molar-refractivity contribution is -0.133. The number of imidazole rings is 1. The minimum Gasteiger partial charge on any atom is -0.494 e. The van der Waals surface area contributed by atoms with Gasteiger partial charge < -0.3 is 14.6 Å². The summed E-state index contributed by atoms with van der Waals surface area (Å²) in [5.74, 6) is 1.97. The van der Waals surface area contributed by atoms with Crippen molar-refractivity contribution in [3.8, 4) is 5.75 Å². The van der Waals surface area contributed by atoms with Gasteiger partial charge in [0.15, 0.2) is 5.65 Å². The number of unbranched alkanes of at least 4 members (excludes halogenated alkanes) is 2. The Balaban J connectivity index is 0.979. The lowest BCUT2D eigenvalue weighted by atomic mass is 9.89. The maximum Gasteiger partial charge on any atom is 0.325 e. The third-order valence-corrected chi connectivity index (χ3v) is 7.54. The quantitative estimate of drug-likeness (QED) is 0.451. The Morgan fingerprint density at radius 3 is 2.66 bits per heavy atom.